The molecule has 3 heteroatoms. The number of carbonyl (C=O) groups excluding carboxylic acids is 2. The highest BCUT2D eigenvalue weighted by Crippen LogP contribution is 2.55. The van der Waals surface area contributed by atoms with E-state index < -0.39 is 0 Å². The normalized spacial score (nSPS) is 28.6. The van der Waals surface area contributed by atoms with Gasteiger partial charge in [-0.05, 0) is 37.5 Å². The number of thioether (sulfide) groups is 1. The molecular formula is C17H18O2S. The lowest BCUT2D eigenvalue weighted by Gasteiger charge is -2.26. The molecule has 1 aliphatic carbocycles. The van der Waals surface area contributed by atoms with Crippen molar-refractivity contribution in [3.8, 4) is 0 Å². The third-order valence-electron chi connectivity index (χ3n) is 4.32. The van der Waals surface area contributed by atoms with Gasteiger partial charge >= 0.3 is 0 Å². The van der Waals surface area contributed by atoms with Crippen molar-refractivity contribution in [1.82, 2.24) is 0 Å². The summed E-state index contributed by atoms with van der Waals surface area (Å²) in [5, 5.41) is -0.104. The zero-order valence-corrected chi connectivity index (χ0v) is 12.4. The molecule has 1 heterocycles. The van der Waals surface area contributed by atoms with Crippen LogP contribution in [-0.2, 0) is 4.79 Å². The van der Waals surface area contributed by atoms with Gasteiger partial charge in [0.2, 0.25) is 0 Å². The second-order valence-electron chi connectivity index (χ2n) is 5.78. The maximum Gasteiger partial charge on any atom is 0.176 e. The first-order chi connectivity index (χ1) is 9.64. The van der Waals surface area contributed by atoms with E-state index in [1.807, 2.05) is 31.2 Å². The number of allylic oxidation sites excluding steroid dienone is 2. The summed E-state index contributed by atoms with van der Waals surface area (Å²) in [4.78, 5) is 25.3. The maximum absolute atomic E-state index is 12.6. The van der Waals surface area contributed by atoms with Crippen molar-refractivity contribution in [1.29, 1.82) is 0 Å². The van der Waals surface area contributed by atoms with Gasteiger partial charge in [0, 0.05) is 5.56 Å². The monoisotopic (exact) mass is 286 g/mol. The molecule has 3 rings (SSSR count). The number of ketones is 1. The Balaban J connectivity index is 1.84. The number of aldehydes is 1. The predicted octanol–water partition coefficient (Wildman–Crippen LogP) is 3.94. The van der Waals surface area contributed by atoms with Crippen LogP contribution in [0, 0.1) is 12.3 Å². The molecule has 2 aliphatic rings. The summed E-state index contributed by atoms with van der Waals surface area (Å²) < 4.78 is 0. The molecule has 0 aromatic heterocycles. The summed E-state index contributed by atoms with van der Waals surface area (Å²) in [7, 11) is 0. The van der Waals surface area contributed by atoms with E-state index >= 15 is 0 Å². The van der Waals surface area contributed by atoms with Crippen molar-refractivity contribution < 1.29 is 9.59 Å². The summed E-state index contributed by atoms with van der Waals surface area (Å²) in [5.74, 6) is 0.159. The van der Waals surface area contributed by atoms with Gasteiger partial charge in [0.1, 0.15) is 6.29 Å². The number of rotatable bonds is 3. The van der Waals surface area contributed by atoms with Crippen molar-refractivity contribution in [2.45, 2.75) is 37.9 Å². The number of benzene rings is 1. The quantitative estimate of drug-likeness (QED) is 0.623. The highest BCUT2D eigenvalue weighted by Gasteiger charge is 2.47. The van der Waals surface area contributed by atoms with Crippen LogP contribution in [0.4, 0.5) is 0 Å². The summed E-state index contributed by atoms with van der Waals surface area (Å²) in [6.45, 7) is 2.01. The Morgan fingerprint density at radius 1 is 1.35 bits per heavy atom. The number of hydrogen-bond donors (Lipinski definition) is 0. The minimum Gasteiger partial charge on any atom is -0.302 e. The first-order valence-electron chi connectivity index (χ1n) is 7.09. The van der Waals surface area contributed by atoms with Gasteiger partial charge in [0.05, 0.1) is 10.7 Å². The number of fused-ring (bicyclic) bond motifs is 1. The molecule has 20 heavy (non-hydrogen) atoms. The van der Waals surface area contributed by atoms with Crippen LogP contribution in [0.15, 0.2) is 35.2 Å². The SMILES string of the molecule is Cc1ccc(C(=O)C2CC3(C=O)CCCC=C3S2)cc1. The van der Waals surface area contributed by atoms with Crippen molar-refractivity contribution in [2.24, 2.45) is 5.41 Å². The highest BCUT2D eigenvalue weighted by atomic mass is 32.2. The summed E-state index contributed by atoms with van der Waals surface area (Å²) in [6.07, 6.45) is 6.88. The zero-order valence-electron chi connectivity index (χ0n) is 11.6. The fraction of sp³-hybridized carbons (Fsp3) is 0.412. The van der Waals surface area contributed by atoms with E-state index in [1.165, 1.54) is 0 Å². The summed E-state index contributed by atoms with van der Waals surface area (Å²) >= 11 is 1.61. The molecule has 2 nitrogen and oxygen atoms in total. The van der Waals surface area contributed by atoms with E-state index in [0.717, 1.165) is 41.6 Å². The Hall–Kier alpha value is -1.35. The molecule has 1 fully saturated rings. The van der Waals surface area contributed by atoms with Gasteiger partial charge in [-0.1, -0.05) is 35.9 Å². The summed E-state index contributed by atoms with van der Waals surface area (Å²) in [5.41, 5.74) is 1.54. The van der Waals surface area contributed by atoms with Crippen LogP contribution in [0.5, 0.6) is 0 Å². The zero-order chi connectivity index (χ0) is 14.2. The molecular weight excluding hydrogens is 268 g/mol. The van der Waals surface area contributed by atoms with Crippen molar-refractivity contribution in [3.63, 3.8) is 0 Å². The highest BCUT2D eigenvalue weighted by molar-refractivity contribution is 8.04. The topological polar surface area (TPSA) is 34.1 Å². The van der Waals surface area contributed by atoms with Gasteiger partial charge in [-0.25, -0.2) is 0 Å². The van der Waals surface area contributed by atoms with E-state index in [9.17, 15) is 9.59 Å². The van der Waals surface area contributed by atoms with E-state index in [0.29, 0.717) is 6.42 Å². The largest absolute Gasteiger partial charge is 0.302 e. The minimum atomic E-state index is -0.367. The molecule has 0 spiro atoms. The molecule has 1 aliphatic heterocycles. The number of hydrogen-bond acceptors (Lipinski definition) is 3. The lowest BCUT2D eigenvalue weighted by atomic mass is 9.76. The van der Waals surface area contributed by atoms with Gasteiger partial charge in [0.25, 0.3) is 0 Å². The molecule has 0 saturated carbocycles. The fourth-order valence-electron chi connectivity index (χ4n) is 3.09. The van der Waals surface area contributed by atoms with Crippen molar-refractivity contribution >= 4 is 23.8 Å². The van der Waals surface area contributed by atoms with E-state index in [4.69, 9.17) is 0 Å². The van der Waals surface area contributed by atoms with Crippen molar-refractivity contribution in [2.75, 3.05) is 0 Å². The average Bonchev–Trinajstić information content (AvgIpc) is 2.87. The number of Topliss-reactive ketones (excluding diaryl/α,β-unsaturated/α-hetero) is 1. The first kappa shape index (κ1) is 13.6. The van der Waals surface area contributed by atoms with Crippen LogP contribution < -0.4 is 0 Å². The maximum atomic E-state index is 12.6. The van der Waals surface area contributed by atoms with Gasteiger partial charge in [-0.2, -0.15) is 0 Å². The Kier molecular flexibility index (Phi) is 3.55. The lowest BCUT2D eigenvalue weighted by molar-refractivity contribution is -0.114. The Morgan fingerprint density at radius 3 is 2.75 bits per heavy atom. The van der Waals surface area contributed by atoms with Gasteiger partial charge in [0.15, 0.2) is 5.78 Å². The van der Waals surface area contributed by atoms with Gasteiger partial charge in [-0.3, -0.25) is 4.79 Å². The standard InChI is InChI=1S/C17H18O2S/c1-12-5-7-13(8-6-12)16(19)14-10-17(11-18)9-3-2-4-15(17)20-14/h4-8,11,14H,2-3,9-10H2,1H3. The smallest absolute Gasteiger partial charge is 0.176 e. The molecule has 0 amide bonds. The van der Waals surface area contributed by atoms with E-state index in [2.05, 4.69) is 6.08 Å². The molecule has 0 bridgehead atoms. The minimum absolute atomic E-state index is 0.104. The molecule has 1 aromatic carbocycles. The third kappa shape index (κ3) is 2.24. The van der Waals surface area contributed by atoms with Gasteiger partial charge in [-0.15, -0.1) is 11.8 Å². The fourth-order valence-corrected chi connectivity index (χ4v) is 4.70. The van der Waals surface area contributed by atoms with Crippen LogP contribution in [0.1, 0.15) is 41.6 Å². The third-order valence-corrected chi connectivity index (χ3v) is 5.81. The van der Waals surface area contributed by atoms with Crippen LogP contribution in [0.3, 0.4) is 0 Å². The van der Waals surface area contributed by atoms with Crippen molar-refractivity contribution in [3.05, 3.63) is 46.4 Å². The number of carbonyl (C=O) groups is 2. The van der Waals surface area contributed by atoms with Crippen LogP contribution in [-0.4, -0.2) is 17.3 Å². The Morgan fingerprint density at radius 2 is 2.10 bits per heavy atom. The second-order valence-corrected chi connectivity index (χ2v) is 7.02. The van der Waals surface area contributed by atoms with Crippen LogP contribution in [0.25, 0.3) is 0 Å². The number of aryl methyl sites for hydroxylation is 1. The molecule has 104 valence electrons. The molecule has 2 atom stereocenters. The first-order valence-corrected chi connectivity index (χ1v) is 7.97. The van der Waals surface area contributed by atoms with E-state index in [1.54, 1.807) is 11.8 Å². The van der Waals surface area contributed by atoms with E-state index in [-0.39, 0.29) is 16.4 Å². The second kappa shape index (κ2) is 5.21. The molecule has 0 N–H and O–H groups in total. The Bertz CT molecular complexity index is 573. The lowest BCUT2D eigenvalue weighted by Crippen LogP contribution is -2.25. The predicted molar refractivity (Wildman–Crippen MR) is 81.9 cm³/mol. The van der Waals surface area contributed by atoms with Crippen LogP contribution >= 0.6 is 11.8 Å². The molecule has 1 aromatic rings. The summed E-state index contributed by atoms with van der Waals surface area (Å²) in [6, 6.07) is 7.72. The average molecular weight is 286 g/mol. The Labute approximate surface area is 123 Å². The molecule has 1 saturated heterocycles. The molecule has 2 unspecified atom stereocenters. The van der Waals surface area contributed by atoms with Gasteiger partial charge < -0.3 is 4.79 Å². The van der Waals surface area contributed by atoms with Crippen LogP contribution in [0.2, 0.25) is 0 Å². The molecule has 0 radical (unpaired) electrons.